The number of fused-ring (bicyclic) bond motifs is 1. The smallest absolute Gasteiger partial charge is 0.168 e. The minimum Gasteiger partial charge on any atom is -0.369 e. The molecule has 4 aromatic rings. The molecule has 162 valence electrons. The van der Waals surface area contributed by atoms with Gasteiger partial charge >= 0.3 is 0 Å². The number of aromatic nitrogens is 3. The zero-order valence-electron chi connectivity index (χ0n) is 18.5. The van der Waals surface area contributed by atoms with Crippen LogP contribution in [0.2, 0.25) is 0 Å². The molecule has 0 aliphatic carbocycles. The Morgan fingerprint density at radius 3 is 2.53 bits per heavy atom. The lowest BCUT2D eigenvalue weighted by molar-refractivity contribution is 0.0992. The number of piperazine rings is 1. The molecule has 1 saturated heterocycles. The van der Waals surface area contributed by atoms with Crippen LogP contribution in [0.15, 0.2) is 67.1 Å². The van der Waals surface area contributed by atoms with Crippen molar-refractivity contribution in [2.24, 2.45) is 7.05 Å². The zero-order chi connectivity index (χ0) is 22.1. The Hall–Kier alpha value is -3.51. The molecule has 0 saturated carbocycles. The molecule has 5 rings (SSSR count). The van der Waals surface area contributed by atoms with Gasteiger partial charge in [-0.25, -0.2) is 0 Å². The Bertz CT molecular complexity index is 1270. The molecular weight excluding hydrogens is 398 g/mol. The number of hydrogen-bond acceptors (Lipinski definition) is 5. The highest BCUT2D eigenvalue weighted by Gasteiger charge is 2.16. The maximum absolute atomic E-state index is 13.1. The van der Waals surface area contributed by atoms with E-state index >= 15 is 0 Å². The van der Waals surface area contributed by atoms with Crippen molar-refractivity contribution in [1.29, 1.82) is 0 Å². The van der Waals surface area contributed by atoms with Crippen LogP contribution in [-0.4, -0.2) is 58.7 Å². The lowest BCUT2D eigenvalue weighted by Crippen LogP contribution is -2.44. The third-order valence-corrected chi connectivity index (χ3v) is 6.19. The van der Waals surface area contributed by atoms with Gasteiger partial charge in [0.25, 0.3) is 0 Å². The van der Waals surface area contributed by atoms with Crippen LogP contribution in [-0.2, 0) is 13.5 Å². The van der Waals surface area contributed by atoms with Crippen LogP contribution in [0.5, 0.6) is 0 Å². The first kappa shape index (κ1) is 20.4. The summed E-state index contributed by atoms with van der Waals surface area (Å²) in [5, 5.41) is 6.40. The maximum atomic E-state index is 13.1. The highest BCUT2D eigenvalue weighted by molar-refractivity contribution is 5.98. The summed E-state index contributed by atoms with van der Waals surface area (Å²) in [7, 11) is 4.06. The van der Waals surface area contributed by atoms with E-state index in [4.69, 9.17) is 0 Å². The molecule has 6 heteroatoms. The van der Waals surface area contributed by atoms with Gasteiger partial charge in [-0.05, 0) is 42.3 Å². The largest absolute Gasteiger partial charge is 0.369 e. The van der Waals surface area contributed by atoms with Gasteiger partial charge in [-0.15, -0.1) is 0 Å². The fourth-order valence-electron chi connectivity index (χ4n) is 4.24. The molecule has 0 N–H and O–H groups in total. The summed E-state index contributed by atoms with van der Waals surface area (Å²) in [6.45, 7) is 4.06. The molecule has 32 heavy (non-hydrogen) atoms. The number of anilines is 1. The van der Waals surface area contributed by atoms with Gasteiger partial charge in [-0.2, -0.15) is 5.10 Å². The minimum absolute atomic E-state index is 0.0937. The lowest BCUT2D eigenvalue weighted by Gasteiger charge is -2.34. The van der Waals surface area contributed by atoms with Crippen LogP contribution in [0.1, 0.15) is 16.1 Å². The Kier molecular flexibility index (Phi) is 5.45. The monoisotopic (exact) mass is 425 g/mol. The van der Waals surface area contributed by atoms with Gasteiger partial charge in [-0.3, -0.25) is 14.5 Å². The quantitative estimate of drug-likeness (QED) is 0.455. The second-order valence-corrected chi connectivity index (χ2v) is 8.58. The number of nitrogens with zero attached hydrogens (tertiary/aromatic N) is 5. The van der Waals surface area contributed by atoms with Crippen LogP contribution < -0.4 is 4.90 Å². The number of aryl methyl sites for hydroxylation is 1. The topological polar surface area (TPSA) is 54.3 Å². The normalized spacial score (nSPS) is 14.8. The van der Waals surface area contributed by atoms with Crippen LogP contribution in [0, 0.1) is 0 Å². The molecule has 0 atom stereocenters. The summed E-state index contributed by atoms with van der Waals surface area (Å²) >= 11 is 0. The number of hydrogen-bond donors (Lipinski definition) is 0. The molecule has 6 nitrogen and oxygen atoms in total. The molecular formula is C26H27N5O. The van der Waals surface area contributed by atoms with Crippen molar-refractivity contribution in [2.75, 3.05) is 38.1 Å². The first-order valence-corrected chi connectivity index (χ1v) is 11.0. The number of carbonyl (C=O) groups is 1. The molecule has 2 aromatic carbocycles. The fourth-order valence-corrected chi connectivity index (χ4v) is 4.24. The third-order valence-electron chi connectivity index (χ3n) is 6.19. The van der Waals surface area contributed by atoms with E-state index in [1.54, 1.807) is 4.68 Å². The zero-order valence-corrected chi connectivity index (χ0v) is 18.5. The van der Waals surface area contributed by atoms with E-state index in [1.165, 1.54) is 0 Å². The molecule has 0 amide bonds. The molecule has 1 fully saturated rings. The van der Waals surface area contributed by atoms with Crippen molar-refractivity contribution in [1.82, 2.24) is 19.7 Å². The molecule has 1 aliphatic heterocycles. The second kappa shape index (κ2) is 8.55. The molecule has 0 spiro atoms. The first-order chi connectivity index (χ1) is 15.5. The van der Waals surface area contributed by atoms with Crippen LogP contribution >= 0.6 is 0 Å². The average Bonchev–Trinajstić information content (AvgIpc) is 3.25. The summed E-state index contributed by atoms with van der Waals surface area (Å²) in [6.07, 6.45) is 6.01. The number of carbonyl (C=O) groups excluding carboxylic acids is 1. The standard InChI is InChI=1S/C26H27N5O/c1-29-8-10-31(11-9-29)25-5-3-4-20(14-25)26(32)15-24-13-22-12-19(6-7-21(22)16-27-24)23-17-28-30(2)18-23/h3-7,12-14,16-18H,8-11,15H2,1-2H3. The maximum Gasteiger partial charge on any atom is 0.168 e. The van der Waals surface area contributed by atoms with Gasteiger partial charge in [-0.1, -0.05) is 24.3 Å². The van der Waals surface area contributed by atoms with E-state index < -0.39 is 0 Å². The Labute approximate surface area is 188 Å². The van der Waals surface area contributed by atoms with Gasteiger partial charge in [0.05, 0.1) is 12.6 Å². The Morgan fingerprint density at radius 1 is 0.906 bits per heavy atom. The molecule has 0 unspecified atom stereocenters. The van der Waals surface area contributed by atoms with Crippen LogP contribution in [0.25, 0.3) is 21.9 Å². The average molecular weight is 426 g/mol. The molecule has 2 aromatic heterocycles. The van der Waals surface area contributed by atoms with Gasteiger partial charge in [0.2, 0.25) is 0 Å². The van der Waals surface area contributed by atoms with Crippen molar-refractivity contribution in [2.45, 2.75) is 6.42 Å². The van der Waals surface area contributed by atoms with Crippen LogP contribution in [0.3, 0.4) is 0 Å². The Morgan fingerprint density at radius 2 is 1.75 bits per heavy atom. The van der Waals surface area contributed by atoms with Gasteiger partial charge in [0.1, 0.15) is 0 Å². The summed E-state index contributed by atoms with van der Waals surface area (Å²) < 4.78 is 1.80. The summed E-state index contributed by atoms with van der Waals surface area (Å²) in [6, 6.07) is 16.3. The van der Waals surface area contributed by atoms with Crippen molar-refractivity contribution in [3.05, 3.63) is 78.4 Å². The lowest BCUT2D eigenvalue weighted by atomic mass is 10.0. The fraction of sp³-hybridized carbons (Fsp3) is 0.269. The van der Waals surface area contributed by atoms with Gasteiger partial charge in [0.15, 0.2) is 5.78 Å². The summed E-state index contributed by atoms with van der Waals surface area (Å²) in [4.78, 5) is 22.3. The number of Topliss-reactive ketones (excluding diaryl/α,β-unsaturated/α-hetero) is 1. The Balaban J connectivity index is 1.36. The third kappa shape index (κ3) is 4.27. The van der Waals surface area contributed by atoms with E-state index in [0.29, 0.717) is 6.42 Å². The molecule has 0 bridgehead atoms. The highest BCUT2D eigenvalue weighted by Crippen LogP contribution is 2.25. The van der Waals surface area contributed by atoms with Crippen LogP contribution in [0.4, 0.5) is 5.69 Å². The minimum atomic E-state index is 0.0937. The van der Waals surface area contributed by atoms with Crippen molar-refractivity contribution in [3.63, 3.8) is 0 Å². The molecule has 3 heterocycles. The van der Waals surface area contributed by atoms with Gasteiger partial charge < -0.3 is 9.80 Å². The van der Waals surface area contributed by atoms with E-state index in [2.05, 4.69) is 51.2 Å². The molecule has 0 radical (unpaired) electrons. The van der Waals surface area contributed by atoms with E-state index in [1.807, 2.05) is 49.9 Å². The van der Waals surface area contributed by atoms with E-state index in [-0.39, 0.29) is 5.78 Å². The summed E-state index contributed by atoms with van der Waals surface area (Å²) in [5.41, 5.74) is 4.83. The summed E-state index contributed by atoms with van der Waals surface area (Å²) in [5.74, 6) is 0.0937. The number of ketones is 1. The second-order valence-electron chi connectivity index (χ2n) is 8.58. The van der Waals surface area contributed by atoms with Crippen molar-refractivity contribution < 1.29 is 4.79 Å². The number of pyridine rings is 1. The molecule has 1 aliphatic rings. The predicted molar refractivity (Wildman–Crippen MR) is 128 cm³/mol. The van der Waals surface area contributed by atoms with E-state index in [9.17, 15) is 4.79 Å². The predicted octanol–water partition coefficient (Wildman–Crippen LogP) is 3.81. The van der Waals surface area contributed by atoms with Gasteiger partial charge in [0, 0.05) is 73.5 Å². The van der Waals surface area contributed by atoms with E-state index in [0.717, 1.165) is 65.0 Å². The number of rotatable bonds is 5. The van der Waals surface area contributed by atoms with Crippen molar-refractivity contribution in [3.8, 4) is 11.1 Å². The number of benzene rings is 2. The van der Waals surface area contributed by atoms with Crippen molar-refractivity contribution >= 4 is 22.2 Å². The first-order valence-electron chi connectivity index (χ1n) is 11.0. The number of likely N-dealkylation sites (N-methyl/N-ethyl adjacent to an activating group) is 1. The SMILES string of the molecule is CN1CCN(c2cccc(C(=O)Cc3cc4cc(-c5cnn(C)c5)ccc4cn3)c2)CC1. The highest BCUT2D eigenvalue weighted by atomic mass is 16.1.